The van der Waals surface area contributed by atoms with Crippen molar-refractivity contribution in [3.63, 3.8) is 0 Å². The number of carboxylic acid groups (broad SMARTS) is 1. The van der Waals surface area contributed by atoms with Crippen LogP contribution in [0.1, 0.15) is 26.2 Å². The molecule has 2 rings (SSSR count). The first-order chi connectivity index (χ1) is 12.3. The maximum absolute atomic E-state index is 12.2. The van der Waals surface area contributed by atoms with Crippen LogP contribution in [0.2, 0.25) is 0 Å². The Kier molecular flexibility index (Phi) is 6.98. The minimum Gasteiger partial charge on any atom is -0.481 e. The van der Waals surface area contributed by atoms with Crippen molar-refractivity contribution in [3.8, 4) is 0 Å². The first-order valence-corrected chi connectivity index (χ1v) is 10.1. The molecule has 1 saturated heterocycles. The summed E-state index contributed by atoms with van der Waals surface area (Å²) in [5.74, 6) is -1.20. The summed E-state index contributed by atoms with van der Waals surface area (Å²) in [5.41, 5.74) is 0. The van der Waals surface area contributed by atoms with Gasteiger partial charge in [-0.3, -0.25) is 4.79 Å². The third kappa shape index (κ3) is 5.70. The van der Waals surface area contributed by atoms with Gasteiger partial charge in [0.2, 0.25) is 10.0 Å². The molecular formula is C17H25N3O5S. The monoisotopic (exact) mass is 383 g/mol. The van der Waals surface area contributed by atoms with Crippen LogP contribution in [0.15, 0.2) is 35.2 Å². The first-order valence-electron chi connectivity index (χ1n) is 8.62. The van der Waals surface area contributed by atoms with Gasteiger partial charge in [-0.15, -0.1) is 0 Å². The maximum atomic E-state index is 12.2. The van der Waals surface area contributed by atoms with Gasteiger partial charge in [0.25, 0.3) is 0 Å². The molecule has 1 heterocycles. The van der Waals surface area contributed by atoms with E-state index < -0.39 is 16.0 Å². The van der Waals surface area contributed by atoms with Crippen molar-refractivity contribution < 1.29 is 23.1 Å². The molecular weight excluding hydrogens is 358 g/mol. The minimum atomic E-state index is -3.55. The molecule has 9 heteroatoms. The van der Waals surface area contributed by atoms with Gasteiger partial charge in [-0.2, -0.15) is 0 Å². The Labute approximate surface area is 153 Å². The minimum absolute atomic E-state index is 0.206. The molecule has 8 nitrogen and oxygen atoms in total. The number of hydrogen-bond donors (Lipinski definition) is 3. The molecule has 0 aliphatic carbocycles. The Morgan fingerprint density at radius 2 is 1.85 bits per heavy atom. The summed E-state index contributed by atoms with van der Waals surface area (Å²) in [6.07, 6.45) is 1.35. The van der Waals surface area contributed by atoms with Crippen molar-refractivity contribution in [1.82, 2.24) is 14.9 Å². The van der Waals surface area contributed by atoms with E-state index >= 15 is 0 Å². The Bertz CT molecular complexity index is 715. The number of nitrogens with zero attached hydrogens (tertiary/aromatic N) is 1. The molecule has 1 unspecified atom stereocenters. The van der Waals surface area contributed by atoms with Crippen LogP contribution in [0.5, 0.6) is 0 Å². The van der Waals surface area contributed by atoms with E-state index in [1.807, 2.05) is 0 Å². The highest BCUT2D eigenvalue weighted by Gasteiger charge is 2.27. The fraction of sp³-hybridized carbons (Fsp3) is 0.529. The molecule has 26 heavy (non-hydrogen) atoms. The van der Waals surface area contributed by atoms with Gasteiger partial charge in [0.15, 0.2) is 0 Å². The standard InChI is InChI=1S/C17H25N3O5S/c1-13(7-10-18-26(24,25)15-5-3-2-4-6-15)19-17(23)20-11-8-14(9-12-20)16(21)22/h2-6,13-14,18H,7-12H2,1H3,(H,19,23)(H,21,22). The Balaban J connectivity index is 1.73. The van der Waals surface area contributed by atoms with E-state index in [-0.39, 0.29) is 29.4 Å². The number of sulfonamides is 1. The number of carbonyl (C=O) groups is 2. The normalized spacial score (nSPS) is 16.9. The van der Waals surface area contributed by atoms with E-state index in [0.29, 0.717) is 32.4 Å². The highest BCUT2D eigenvalue weighted by atomic mass is 32.2. The molecule has 1 aromatic rings. The van der Waals surface area contributed by atoms with E-state index in [1.165, 1.54) is 12.1 Å². The zero-order chi connectivity index (χ0) is 19.2. The molecule has 1 atom stereocenters. The average Bonchev–Trinajstić information content (AvgIpc) is 2.62. The second kappa shape index (κ2) is 9.00. The Morgan fingerprint density at radius 3 is 2.42 bits per heavy atom. The van der Waals surface area contributed by atoms with Crippen LogP contribution in [-0.2, 0) is 14.8 Å². The number of hydrogen-bond acceptors (Lipinski definition) is 4. The quantitative estimate of drug-likeness (QED) is 0.655. The zero-order valence-corrected chi connectivity index (χ0v) is 15.5. The number of urea groups is 1. The largest absolute Gasteiger partial charge is 0.481 e. The van der Waals surface area contributed by atoms with E-state index in [0.717, 1.165) is 0 Å². The fourth-order valence-electron chi connectivity index (χ4n) is 2.80. The molecule has 1 aliphatic heterocycles. The summed E-state index contributed by atoms with van der Waals surface area (Å²) in [6, 6.07) is 7.65. The van der Waals surface area contributed by atoms with Gasteiger partial charge in [0.1, 0.15) is 0 Å². The van der Waals surface area contributed by atoms with Crippen LogP contribution >= 0.6 is 0 Å². The summed E-state index contributed by atoms with van der Waals surface area (Å²) in [7, 11) is -3.55. The van der Waals surface area contributed by atoms with Crippen LogP contribution in [0.3, 0.4) is 0 Å². The second-order valence-electron chi connectivity index (χ2n) is 6.45. The lowest BCUT2D eigenvalue weighted by Gasteiger charge is -2.31. The van der Waals surface area contributed by atoms with Crippen molar-refractivity contribution in [2.45, 2.75) is 37.1 Å². The summed E-state index contributed by atoms with van der Waals surface area (Å²) in [5, 5.41) is 11.8. The molecule has 0 aromatic heterocycles. The summed E-state index contributed by atoms with van der Waals surface area (Å²) < 4.78 is 26.7. The smallest absolute Gasteiger partial charge is 0.317 e. The van der Waals surface area contributed by atoms with Gasteiger partial charge in [0, 0.05) is 25.7 Å². The van der Waals surface area contributed by atoms with Gasteiger partial charge < -0.3 is 15.3 Å². The first kappa shape index (κ1) is 20.2. The van der Waals surface area contributed by atoms with Crippen molar-refractivity contribution in [3.05, 3.63) is 30.3 Å². The fourth-order valence-corrected chi connectivity index (χ4v) is 3.87. The van der Waals surface area contributed by atoms with Crippen LogP contribution in [0.4, 0.5) is 4.79 Å². The number of benzene rings is 1. The molecule has 2 amide bonds. The molecule has 0 radical (unpaired) electrons. The molecule has 0 bridgehead atoms. The lowest BCUT2D eigenvalue weighted by Crippen LogP contribution is -2.48. The van der Waals surface area contributed by atoms with E-state index in [9.17, 15) is 18.0 Å². The van der Waals surface area contributed by atoms with Crippen LogP contribution in [0.25, 0.3) is 0 Å². The summed E-state index contributed by atoms with van der Waals surface area (Å²) in [6.45, 7) is 2.84. The number of amides is 2. The number of nitrogens with one attached hydrogen (secondary N) is 2. The van der Waals surface area contributed by atoms with Gasteiger partial charge in [-0.25, -0.2) is 17.9 Å². The maximum Gasteiger partial charge on any atom is 0.317 e. The van der Waals surface area contributed by atoms with Crippen molar-refractivity contribution >= 4 is 22.0 Å². The molecule has 1 aliphatic rings. The molecule has 1 fully saturated rings. The van der Waals surface area contributed by atoms with Gasteiger partial charge >= 0.3 is 12.0 Å². The lowest BCUT2D eigenvalue weighted by atomic mass is 9.97. The van der Waals surface area contributed by atoms with Gasteiger partial charge in [0.05, 0.1) is 10.8 Å². The average molecular weight is 383 g/mol. The third-order valence-corrected chi connectivity index (χ3v) is 5.90. The highest BCUT2D eigenvalue weighted by Crippen LogP contribution is 2.17. The molecule has 1 aromatic carbocycles. The van der Waals surface area contributed by atoms with Crippen LogP contribution in [-0.4, -0.2) is 56.1 Å². The predicted molar refractivity (Wildman–Crippen MR) is 96.2 cm³/mol. The van der Waals surface area contributed by atoms with Crippen molar-refractivity contribution in [2.75, 3.05) is 19.6 Å². The molecule has 0 spiro atoms. The molecule has 0 saturated carbocycles. The van der Waals surface area contributed by atoms with Crippen LogP contribution < -0.4 is 10.0 Å². The summed E-state index contributed by atoms with van der Waals surface area (Å²) in [4.78, 5) is 24.9. The Hall–Kier alpha value is -2.13. The van der Waals surface area contributed by atoms with Crippen molar-refractivity contribution in [2.24, 2.45) is 5.92 Å². The van der Waals surface area contributed by atoms with Gasteiger partial charge in [-0.1, -0.05) is 18.2 Å². The zero-order valence-electron chi connectivity index (χ0n) is 14.7. The number of piperidine rings is 1. The predicted octanol–water partition coefficient (Wildman–Crippen LogP) is 1.25. The number of rotatable bonds is 7. The number of likely N-dealkylation sites (tertiary alicyclic amines) is 1. The van der Waals surface area contributed by atoms with Crippen molar-refractivity contribution in [1.29, 1.82) is 0 Å². The van der Waals surface area contributed by atoms with Gasteiger partial charge in [-0.05, 0) is 38.3 Å². The summed E-state index contributed by atoms with van der Waals surface area (Å²) >= 11 is 0. The molecule has 144 valence electrons. The Morgan fingerprint density at radius 1 is 1.23 bits per heavy atom. The van der Waals surface area contributed by atoms with Crippen LogP contribution in [0, 0.1) is 5.92 Å². The number of carbonyl (C=O) groups excluding carboxylic acids is 1. The lowest BCUT2D eigenvalue weighted by molar-refractivity contribution is -0.143. The molecule has 3 N–H and O–H groups in total. The van der Waals surface area contributed by atoms with E-state index in [2.05, 4.69) is 10.0 Å². The topological polar surface area (TPSA) is 116 Å². The van der Waals surface area contributed by atoms with E-state index in [1.54, 1.807) is 30.0 Å². The number of aliphatic carboxylic acids is 1. The highest BCUT2D eigenvalue weighted by molar-refractivity contribution is 7.89. The second-order valence-corrected chi connectivity index (χ2v) is 8.22. The third-order valence-electron chi connectivity index (χ3n) is 4.42. The number of carboxylic acids is 1. The van der Waals surface area contributed by atoms with E-state index in [4.69, 9.17) is 5.11 Å². The SMILES string of the molecule is CC(CCNS(=O)(=O)c1ccccc1)NC(=O)N1CCC(C(=O)O)CC1.